The Kier molecular flexibility index (Phi) is 5.97. The number of hydrogen-bond donors (Lipinski definition) is 0. The third kappa shape index (κ3) is 4.00. The minimum Gasteiger partial charge on any atom is -0.465 e. The second-order valence-corrected chi connectivity index (χ2v) is 3.93. The molecule has 98 valence electrons. The molecule has 0 aromatic carbocycles. The first kappa shape index (κ1) is 14.0. The van der Waals surface area contributed by atoms with Crippen LogP contribution in [0.1, 0.15) is 26.7 Å². The van der Waals surface area contributed by atoms with Crippen molar-refractivity contribution < 1.29 is 23.8 Å². The highest BCUT2D eigenvalue weighted by molar-refractivity contribution is 5.95. The molecule has 1 fully saturated rings. The van der Waals surface area contributed by atoms with Gasteiger partial charge in [0.1, 0.15) is 0 Å². The third-order valence-corrected chi connectivity index (χ3v) is 2.82. The Hall–Kier alpha value is -1.10. The van der Waals surface area contributed by atoms with Gasteiger partial charge >= 0.3 is 11.9 Å². The van der Waals surface area contributed by atoms with Crippen LogP contribution in [0.3, 0.4) is 0 Å². The average molecular weight is 244 g/mol. The number of rotatable bonds is 5. The summed E-state index contributed by atoms with van der Waals surface area (Å²) < 4.78 is 15.1. The van der Waals surface area contributed by atoms with Crippen LogP contribution in [0.2, 0.25) is 0 Å². The van der Waals surface area contributed by atoms with E-state index in [0.717, 1.165) is 0 Å². The minimum atomic E-state index is -0.793. The summed E-state index contributed by atoms with van der Waals surface area (Å²) in [5, 5.41) is 0. The van der Waals surface area contributed by atoms with E-state index in [1.165, 1.54) is 0 Å². The molecule has 0 radical (unpaired) electrons. The molecule has 0 N–H and O–H groups in total. The SMILES string of the molecule is CCOC(=O)C(C(=O)OCC)C1CCOCC1. The molecular formula is C12H20O5. The fraction of sp³-hybridized carbons (Fsp3) is 0.833. The molecule has 0 atom stereocenters. The van der Waals surface area contributed by atoms with Crippen LogP contribution in [0.25, 0.3) is 0 Å². The van der Waals surface area contributed by atoms with E-state index >= 15 is 0 Å². The second-order valence-electron chi connectivity index (χ2n) is 3.93. The van der Waals surface area contributed by atoms with Gasteiger partial charge < -0.3 is 14.2 Å². The zero-order valence-electron chi connectivity index (χ0n) is 10.4. The molecule has 1 heterocycles. The Labute approximate surface area is 101 Å². The van der Waals surface area contributed by atoms with Crippen molar-refractivity contribution in [2.45, 2.75) is 26.7 Å². The molecule has 1 saturated heterocycles. The number of hydrogen-bond acceptors (Lipinski definition) is 5. The van der Waals surface area contributed by atoms with Crippen LogP contribution in [0, 0.1) is 11.8 Å². The van der Waals surface area contributed by atoms with E-state index in [1.807, 2.05) is 0 Å². The van der Waals surface area contributed by atoms with Crippen LogP contribution in [0.15, 0.2) is 0 Å². The van der Waals surface area contributed by atoms with Crippen LogP contribution in [0.5, 0.6) is 0 Å². The van der Waals surface area contributed by atoms with Gasteiger partial charge in [-0.3, -0.25) is 9.59 Å². The maximum absolute atomic E-state index is 11.8. The van der Waals surface area contributed by atoms with Gasteiger partial charge in [-0.1, -0.05) is 0 Å². The van der Waals surface area contributed by atoms with Crippen LogP contribution >= 0.6 is 0 Å². The normalized spacial score (nSPS) is 16.9. The summed E-state index contributed by atoms with van der Waals surface area (Å²) >= 11 is 0. The lowest BCUT2D eigenvalue weighted by Gasteiger charge is -2.27. The topological polar surface area (TPSA) is 61.8 Å². The van der Waals surface area contributed by atoms with Crippen molar-refractivity contribution in [3.8, 4) is 0 Å². The summed E-state index contributed by atoms with van der Waals surface area (Å²) in [5.41, 5.74) is 0. The van der Waals surface area contributed by atoms with Crippen molar-refractivity contribution in [1.29, 1.82) is 0 Å². The van der Waals surface area contributed by atoms with E-state index in [1.54, 1.807) is 13.8 Å². The van der Waals surface area contributed by atoms with Crippen molar-refractivity contribution in [3.05, 3.63) is 0 Å². The molecule has 1 aliphatic rings. The lowest BCUT2D eigenvalue weighted by Crippen LogP contribution is -2.37. The highest BCUT2D eigenvalue weighted by Crippen LogP contribution is 2.26. The Morgan fingerprint density at radius 3 is 2.00 bits per heavy atom. The van der Waals surface area contributed by atoms with Crippen molar-refractivity contribution >= 4 is 11.9 Å². The molecule has 0 amide bonds. The molecule has 0 unspecified atom stereocenters. The Morgan fingerprint density at radius 1 is 1.12 bits per heavy atom. The minimum absolute atomic E-state index is 0.0261. The molecule has 0 bridgehead atoms. The number of carbonyl (C=O) groups excluding carboxylic acids is 2. The smallest absolute Gasteiger partial charge is 0.320 e. The van der Waals surface area contributed by atoms with Gasteiger partial charge in [0.2, 0.25) is 0 Å². The fourth-order valence-electron chi connectivity index (χ4n) is 1.99. The van der Waals surface area contributed by atoms with E-state index in [-0.39, 0.29) is 19.1 Å². The fourth-order valence-corrected chi connectivity index (χ4v) is 1.99. The first-order valence-electron chi connectivity index (χ1n) is 6.11. The summed E-state index contributed by atoms with van der Waals surface area (Å²) in [7, 11) is 0. The lowest BCUT2D eigenvalue weighted by atomic mass is 9.86. The standard InChI is InChI=1S/C12H20O5/c1-3-16-11(13)10(12(14)17-4-2)9-5-7-15-8-6-9/h9-10H,3-8H2,1-2H3. The molecule has 1 aliphatic heterocycles. The van der Waals surface area contributed by atoms with Crippen LogP contribution < -0.4 is 0 Å². The molecule has 17 heavy (non-hydrogen) atoms. The molecular weight excluding hydrogens is 224 g/mol. The first-order valence-corrected chi connectivity index (χ1v) is 6.11. The number of carbonyl (C=O) groups is 2. The highest BCUT2D eigenvalue weighted by atomic mass is 16.6. The summed E-state index contributed by atoms with van der Waals surface area (Å²) in [6, 6.07) is 0. The molecule has 0 aromatic heterocycles. The maximum Gasteiger partial charge on any atom is 0.320 e. The van der Waals surface area contributed by atoms with E-state index in [0.29, 0.717) is 26.1 Å². The number of ether oxygens (including phenoxy) is 3. The van der Waals surface area contributed by atoms with Gasteiger partial charge in [0.25, 0.3) is 0 Å². The van der Waals surface area contributed by atoms with E-state index in [2.05, 4.69) is 0 Å². The first-order chi connectivity index (χ1) is 8.20. The maximum atomic E-state index is 11.8. The van der Waals surface area contributed by atoms with Gasteiger partial charge in [-0.05, 0) is 32.6 Å². The third-order valence-electron chi connectivity index (χ3n) is 2.82. The summed E-state index contributed by atoms with van der Waals surface area (Å²) in [6.45, 7) is 5.17. The number of esters is 2. The van der Waals surface area contributed by atoms with Crippen molar-refractivity contribution in [2.75, 3.05) is 26.4 Å². The summed E-state index contributed by atoms with van der Waals surface area (Å²) in [5.74, 6) is -1.77. The monoisotopic (exact) mass is 244 g/mol. The van der Waals surface area contributed by atoms with Gasteiger partial charge in [-0.25, -0.2) is 0 Å². The molecule has 1 rings (SSSR count). The van der Waals surface area contributed by atoms with Crippen LogP contribution in [-0.4, -0.2) is 38.4 Å². The van der Waals surface area contributed by atoms with Gasteiger partial charge in [0, 0.05) is 13.2 Å². The van der Waals surface area contributed by atoms with E-state index < -0.39 is 17.9 Å². The van der Waals surface area contributed by atoms with E-state index in [4.69, 9.17) is 14.2 Å². The second kappa shape index (κ2) is 7.27. The molecule has 0 aliphatic carbocycles. The summed E-state index contributed by atoms with van der Waals surface area (Å²) in [6.07, 6.45) is 1.39. The largest absolute Gasteiger partial charge is 0.465 e. The van der Waals surface area contributed by atoms with Gasteiger partial charge in [-0.15, -0.1) is 0 Å². The van der Waals surface area contributed by atoms with Crippen LogP contribution in [-0.2, 0) is 23.8 Å². The van der Waals surface area contributed by atoms with Crippen LogP contribution in [0.4, 0.5) is 0 Å². The predicted octanol–water partition coefficient (Wildman–Crippen LogP) is 1.16. The lowest BCUT2D eigenvalue weighted by molar-refractivity contribution is -0.166. The Bertz CT molecular complexity index is 240. The molecule has 0 saturated carbocycles. The van der Waals surface area contributed by atoms with Crippen molar-refractivity contribution in [2.24, 2.45) is 11.8 Å². The molecule has 0 spiro atoms. The zero-order chi connectivity index (χ0) is 12.7. The average Bonchev–Trinajstić information content (AvgIpc) is 2.31. The van der Waals surface area contributed by atoms with Crippen molar-refractivity contribution in [1.82, 2.24) is 0 Å². The van der Waals surface area contributed by atoms with Gasteiger partial charge in [0.15, 0.2) is 5.92 Å². The zero-order valence-corrected chi connectivity index (χ0v) is 10.4. The Balaban J connectivity index is 2.69. The highest BCUT2D eigenvalue weighted by Gasteiger charge is 2.38. The molecule has 0 aromatic rings. The Morgan fingerprint density at radius 2 is 1.59 bits per heavy atom. The van der Waals surface area contributed by atoms with Gasteiger partial charge in [0.05, 0.1) is 13.2 Å². The van der Waals surface area contributed by atoms with Gasteiger partial charge in [-0.2, -0.15) is 0 Å². The molecule has 5 nitrogen and oxygen atoms in total. The van der Waals surface area contributed by atoms with E-state index in [9.17, 15) is 9.59 Å². The van der Waals surface area contributed by atoms with Crippen molar-refractivity contribution in [3.63, 3.8) is 0 Å². The molecule has 5 heteroatoms. The quantitative estimate of drug-likeness (QED) is 0.536. The predicted molar refractivity (Wildman–Crippen MR) is 60.3 cm³/mol. The summed E-state index contributed by atoms with van der Waals surface area (Å²) in [4.78, 5) is 23.6.